The number of aryl methyl sites for hydroxylation is 6. The maximum Gasteiger partial charge on any atom is 0.0431 e. The van der Waals surface area contributed by atoms with Gasteiger partial charge in [-0.05, 0) is 93.5 Å². The Morgan fingerprint density at radius 1 is 0.675 bits per heavy atom. The van der Waals surface area contributed by atoms with Crippen molar-refractivity contribution in [3.05, 3.63) is 68.8 Å². The first-order valence-electron chi connectivity index (χ1n) is 15.3. The summed E-state index contributed by atoms with van der Waals surface area (Å²) in [6, 6.07) is 9.67. The highest BCUT2D eigenvalue weighted by Crippen LogP contribution is 3.28. The Kier molecular flexibility index (Phi) is 6.06. The predicted molar refractivity (Wildman–Crippen MR) is 182 cm³/mol. The van der Waals surface area contributed by atoms with Crippen molar-refractivity contribution in [2.24, 2.45) is 16.2 Å². The average molecular weight is 589 g/mol. The fraction of sp³-hybridized carbons (Fsp3) is 0.622. The second kappa shape index (κ2) is 8.26. The molecule has 2 aromatic rings. The molecule has 0 N–H and O–H groups in total. The van der Waals surface area contributed by atoms with Gasteiger partial charge in [-0.15, -0.1) is 0 Å². The third kappa shape index (κ3) is 3.13. The first-order valence-corrected chi connectivity index (χ1v) is 19.5. The van der Waals surface area contributed by atoms with E-state index < -0.39 is 7.92 Å². The molecule has 3 heteroatoms. The molecule has 4 fully saturated rings. The highest BCUT2D eigenvalue weighted by Gasteiger charge is 3.09. The van der Waals surface area contributed by atoms with Crippen molar-refractivity contribution in [3.8, 4) is 11.6 Å². The van der Waals surface area contributed by atoms with E-state index in [1.54, 1.807) is 16.7 Å². The monoisotopic (exact) mass is 588 g/mol. The number of fused-ring (bicyclic) bond motifs is 2. The zero-order valence-electron chi connectivity index (χ0n) is 27.8. The molecule has 0 spiro atoms. The molecule has 0 aromatic heterocycles. The molecule has 6 rings (SSSR count). The second-order valence-electron chi connectivity index (χ2n) is 16.7. The first-order chi connectivity index (χ1) is 18.2. The highest BCUT2D eigenvalue weighted by molar-refractivity contribution is 8.09. The summed E-state index contributed by atoms with van der Waals surface area (Å²) in [5.41, 5.74) is 17.6. The molecule has 4 heterocycles. The van der Waals surface area contributed by atoms with E-state index in [0.29, 0.717) is 20.4 Å². The van der Waals surface area contributed by atoms with Crippen molar-refractivity contribution in [1.82, 2.24) is 0 Å². The molecular formula is C37H51P3. The summed E-state index contributed by atoms with van der Waals surface area (Å²) in [5.74, 6) is 3.96. The Morgan fingerprint density at radius 2 is 1.15 bits per heavy atom. The Morgan fingerprint density at radius 3 is 1.57 bits per heavy atom. The smallest absolute Gasteiger partial charge is 0.0431 e. The van der Waals surface area contributed by atoms with Gasteiger partial charge in [0.2, 0.25) is 0 Å². The van der Waals surface area contributed by atoms with Gasteiger partial charge in [-0.2, -0.15) is 0 Å². The minimum Gasteiger partial charge on any atom is -0.0796 e. The molecule has 4 aliphatic heterocycles. The minimum atomic E-state index is -0.492. The molecule has 214 valence electrons. The Bertz CT molecular complexity index is 1470. The average Bonchev–Trinajstić information content (AvgIpc) is 3.55. The van der Waals surface area contributed by atoms with E-state index in [-0.39, 0.29) is 26.7 Å². The number of hydrogen-bond acceptors (Lipinski definition) is 0. The fourth-order valence-corrected chi connectivity index (χ4v) is 33.2. The Hall–Kier alpha value is -0.710. The Balaban J connectivity index is 1.70. The van der Waals surface area contributed by atoms with Crippen molar-refractivity contribution >= 4 is 23.8 Å². The van der Waals surface area contributed by atoms with E-state index >= 15 is 0 Å². The molecule has 2 aromatic carbocycles. The van der Waals surface area contributed by atoms with Crippen LogP contribution in [0.25, 0.3) is 0 Å². The molecular weight excluding hydrogens is 537 g/mol. The summed E-state index contributed by atoms with van der Waals surface area (Å²) < 4.78 is 0. The molecule has 0 amide bonds. The van der Waals surface area contributed by atoms with Gasteiger partial charge in [0, 0.05) is 31.6 Å². The quantitative estimate of drug-likeness (QED) is 0.230. The van der Waals surface area contributed by atoms with Crippen LogP contribution >= 0.6 is 23.8 Å². The summed E-state index contributed by atoms with van der Waals surface area (Å²) in [5, 5.41) is 1.22. The van der Waals surface area contributed by atoms with Crippen molar-refractivity contribution in [1.29, 1.82) is 0 Å². The van der Waals surface area contributed by atoms with Gasteiger partial charge in [-0.1, -0.05) is 125 Å². The molecule has 40 heavy (non-hydrogen) atoms. The van der Waals surface area contributed by atoms with Crippen LogP contribution in [-0.4, -0.2) is 20.9 Å². The van der Waals surface area contributed by atoms with Crippen LogP contribution in [0.3, 0.4) is 0 Å². The van der Waals surface area contributed by atoms with Crippen LogP contribution in [0.1, 0.15) is 107 Å². The zero-order chi connectivity index (χ0) is 29.7. The lowest BCUT2D eigenvalue weighted by Gasteiger charge is -2.51. The van der Waals surface area contributed by atoms with Crippen molar-refractivity contribution in [2.45, 2.75) is 130 Å². The van der Waals surface area contributed by atoms with Gasteiger partial charge in [-0.25, -0.2) is 0 Å². The lowest BCUT2D eigenvalue weighted by molar-refractivity contribution is 0.349. The molecule has 0 aliphatic carbocycles. The normalized spacial score (nSPS) is 37.2. The number of hydrogen-bond donors (Lipinski definition) is 0. The standard InChI is InChI=1S/C37H51P3/c1-22-18-24(3)28(25(4)19-22)16-17-38-36(33(10,11)12)30-35(29-26(5)20-23(2)21-27(29)6)37(38,34(13,14)15)40(35)31(39(30)36)32(7,8)9/h18-21,30-31H,1-15H3/t30-,31+,35+,36-,37-,38?,39?,40?/m1/s1. The van der Waals surface area contributed by atoms with Crippen LogP contribution in [0.5, 0.6) is 0 Å². The van der Waals surface area contributed by atoms with Crippen LogP contribution in [0.15, 0.2) is 24.3 Å². The van der Waals surface area contributed by atoms with Crippen LogP contribution in [0.4, 0.5) is 0 Å². The SMILES string of the molecule is Cc1cc(C)c(C#CP2[C@]3(C(C)(C)C)[C@@H]4P3[C@H](C(C)(C)C)P3[C@]2(C(C)(C)C)[C@]43c2c(C)cc(C)cc2C)c(C)c1. The van der Waals surface area contributed by atoms with Gasteiger partial charge >= 0.3 is 0 Å². The van der Waals surface area contributed by atoms with E-state index in [4.69, 9.17) is 0 Å². The largest absolute Gasteiger partial charge is 0.0796 e. The zero-order valence-corrected chi connectivity index (χ0v) is 30.5. The van der Waals surface area contributed by atoms with Gasteiger partial charge in [0.15, 0.2) is 0 Å². The Labute approximate surface area is 249 Å². The van der Waals surface area contributed by atoms with Crippen LogP contribution < -0.4 is 0 Å². The van der Waals surface area contributed by atoms with Gasteiger partial charge < -0.3 is 0 Å². The van der Waals surface area contributed by atoms with E-state index in [1.165, 1.54) is 27.8 Å². The molecule has 3 unspecified atom stereocenters. The maximum absolute atomic E-state index is 4.30. The van der Waals surface area contributed by atoms with Crippen LogP contribution in [-0.2, 0) is 5.16 Å². The summed E-state index contributed by atoms with van der Waals surface area (Å²) in [7, 11) is -0.741. The van der Waals surface area contributed by atoms with E-state index in [9.17, 15) is 0 Å². The molecule has 8 atom stereocenters. The third-order valence-corrected chi connectivity index (χ3v) is 27.3. The number of benzene rings is 2. The fourth-order valence-electron chi connectivity index (χ4n) is 10.2. The topological polar surface area (TPSA) is 0 Å². The minimum absolute atomic E-state index is 0.0757. The molecule has 4 aliphatic rings. The third-order valence-electron chi connectivity index (χ3n) is 10.7. The maximum atomic E-state index is 4.30. The van der Waals surface area contributed by atoms with Crippen molar-refractivity contribution in [3.63, 3.8) is 0 Å². The molecule has 0 saturated carbocycles. The van der Waals surface area contributed by atoms with E-state index in [2.05, 4.69) is 140 Å². The van der Waals surface area contributed by atoms with Crippen molar-refractivity contribution < 1.29 is 0 Å². The highest BCUT2D eigenvalue weighted by atomic mass is 31.2. The second-order valence-corrected chi connectivity index (χ2v) is 25.3. The van der Waals surface area contributed by atoms with Gasteiger partial charge in [0.05, 0.1) is 0 Å². The van der Waals surface area contributed by atoms with Gasteiger partial charge in [0.1, 0.15) is 0 Å². The molecule has 0 radical (unpaired) electrons. The summed E-state index contributed by atoms with van der Waals surface area (Å²) >= 11 is 0. The van der Waals surface area contributed by atoms with Crippen LogP contribution in [0.2, 0.25) is 0 Å². The molecule has 0 bridgehead atoms. The van der Waals surface area contributed by atoms with Crippen molar-refractivity contribution in [2.75, 3.05) is 0 Å². The van der Waals surface area contributed by atoms with E-state index in [0.717, 1.165) is 11.1 Å². The number of rotatable bonds is 1. The molecule has 0 nitrogen and oxygen atoms in total. The molecule has 4 saturated heterocycles. The lowest BCUT2D eigenvalue weighted by Crippen LogP contribution is -2.39. The predicted octanol–water partition coefficient (Wildman–Crippen LogP) is 11.5. The summed E-state index contributed by atoms with van der Waals surface area (Å²) in [4.78, 5) is 0.713. The van der Waals surface area contributed by atoms with Crippen LogP contribution in [0, 0.1) is 69.4 Å². The summed E-state index contributed by atoms with van der Waals surface area (Å²) in [6.07, 6.45) is 0. The lowest BCUT2D eigenvalue weighted by atomic mass is 9.74. The summed E-state index contributed by atoms with van der Waals surface area (Å²) in [6.45, 7) is 37.3. The van der Waals surface area contributed by atoms with Gasteiger partial charge in [0.25, 0.3) is 0 Å². The van der Waals surface area contributed by atoms with Gasteiger partial charge in [-0.3, -0.25) is 0 Å². The first kappa shape index (κ1) is 29.4. The van der Waals surface area contributed by atoms with E-state index in [1.807, 2.05) is 0 Å².